The molecule has 6 heteroatoms. The normalized spacial score (nSPS) is 21.4. The maximum atomic E-state index is 10.6. The van der Waals surface area contributed by atoms with Crippen LogP contribution in [-0.4, -0.2) is 40.6 Å². The summed E-state index contributed by atoms with van der Waals surface area (Å²) >= 11 is 0. The van der Waals surface area contributed by atoms with E-state index in [4.69, 9.17) is 20.2 Å². The van der Waals surface area contributed by atoms with Crippen LogP contribution >= 0.6 is 10.7 Å². The molecule has 1 atom stereocenters. The average molecular weight is 271 g/mol. The summed E-state index contributed by atoms with van der Waals surface area (Å²) in [5.41, 5.74) is 0. The highest BCUT2D eigenvalue weighted by atomic mass is 35.7. The molecule has 0 aromatic heterocycles. The molecule has 0 spiro atoms. The van der Waals surface area contributed by atoms with Crippen molar-refractivity contribution in [2.75, 3.05) is 32.2 Å². The van der Waals surface area contributed by atoms with E-state index in [1.165, 1.54) is 0 Å². The van der Waals surface area contributed by atoms with E-state index in [1.54, 1.807) is 0 Å². The van der Waals surface area contributed by atoms with Crippen LogP contribution in [0.4, 0.5) is 0 Å². The molecule has 0 amide bonds. The van der Waals surface area contributed by atoms with Crippen molar-refractivity contribution in [3.05, 3.63) is 0 Å². The van der Waals surface area contributed by atoms with E-state index in [0.717, 1.165) is 39.1 Å². The van der Waals surface area contributed by atoms with E-state index >= 15 is 0 Å². The molecule has 1 rings (SSSR count). The zero-order chi connectivity index (χ0) is 11.9. The first-order valence-electron chi connectivity index (χ1n) is 5.66. The number of unbranched alkanes of at least 4 members (excludes halogenated alkanes) is 2. The van der Waals surface area contributed by atoms with Gasteiger partial charge in [0.05, 0.1) is 19.0 Å². The monoisotopic (exact) mass is 270 g/mol. The number of halogens is 1. The Balaban J connectivity index is 1.84. The van der Waals surface area contributed by atoms with Gasteiger partial charge in [0.2, 0.25) is 9.05 Å². The third kappa shape index (κ3) is 7.44. The lowest BCUT2D eigenvalue weighted by Crippen LogP contribution is -2.10. The smallest absolute Gasteiger partial charge is 0.232 e. The third-order valence-electron chi connectivity index (χ3n) is 2.55. The minimum Gasteiger partial charge on any atom is -0.381 e. The van der Waals surface area contributed by atoms with Gasteiger partial charge in [0.25, 0.3) is 0 Å². The number of hydrogen-bond donors (Lipinski definition) is 0. The standard InChI is InChI=1S/C10H19ClO4S/c11-16(12,13)7-3-1-2-5-14-8-10-4-6-15-9-10/h10H,1-9H2. The van der Waals surface area contributed by atoms with Gasteiger partial charge in [-0.3, -0.25) is 0 Å². The van der Waals surface area contributed by atoms with Crippen LogP contribution in [-0.2, 0) is 18.5 Å². The third-order valence-corrected chi connectivity index (χ3v) is 3.79. The van der Waals surface area contributed by atoms with Crippen LogP contribution < -0.4 is 0 Å². The molecule has 16 heavy (non-hydrogen) atoms. The molecule has 0 aliphatic carbocycles. The highest BCUT2D eigenvalue weighted by Crippen LogP contribution is 2.12. The summed E-state index contributed by atoms with van der Waals surface area (Å²) in [6, 6.07) is 0. The fourth-order valence-corrected chi connectivity index (χ4v) is 2.50. The topological polar surface area (TPSA) is 52.6 Å². The summed E-state index contributed by atoms with van der Waals surface area (Å²) in [5.74, 6) is 0.605. The fraction of sp³-hybridized carbons (Fsp3) is 1.00. The lowest BCUT2D eigenvalue weighted by Gasteiger charge is -2.08. The lowest BCUT2D eigenvalue weighted by atomic mass is 10.1. The van der Waals surface area contributed by atoms with Crippen molar-refractivity contribution in [3.8, 4) is 0 Å². The van der Waals surface area contributed by atoms with Crippen molar-refractivity contribution < 1.29 is 17.9 Å². The quantitative estimate of drug-likeness (QED) is 0.498. The second kappa shape index (κ2) is 7.48. The zero-order valence-electron chi connectivity index (χ0n) is 9.36. The Bertz CT molecular complexity index is 273. The van der Waals surface area contributed by atoms with Gasteiger partial charge in [-0.15, -0.1) is 0 Å². The van der Waals surface area contributed by atoms with E-state index in [-0.39, 0.29) is 5.75 Å². The Morgan fingerprint density at radius 1 is 1.31 bits per heavy atom. The van der Waals surface area contributed by atoms with Gasteiger partial charge in [-0.05, 0) is 19.3 Å². The maximum Gasteiger partial charge on any atom is 0.232 e. The van der Waals surface area contributed by atoms with Crippen molar-refractivity contribution in [3.63, 3.8) is 0 Å². The molecule has 1 heterocycles. The van der Waals surface area contributed by atoms with Gasteiger partial charge in [-0.1, -0.05) is 6.42 Å². The Kier molecular flexibility index (Phi) is 6.65. The number of ether oxygens (including phenoxy) is 2. The van der Waals surface area contributed by atoms with Gasteiger partial charge in [0.15, 0.2) is 0 Å². The SMILES string of the molecule is O=S(=O)(Cl)CCCCCOCC1CCOC1. The van der Waals surface area contributed by atoms with Crippen molar-refractivity contribution in [2.45, 2.75) is 25.7 Å². The van der Waals surface area contributed by atoms with E-state index in [2.05, 4.69) is 0 Å². The van der Waals surface area contributed by atoms with Crippen molar-refractivity contribution >= 4 is 19.7 Å². The van der Waals surface area contributed by atoms with Gasteiger partial charge in [-0.2, -0.15) is 0 Å². The lowest BCUT2D eigenvalue weighted by molar-refractivity contribution is 0.0874. The highest BCUT2D eigenvalue weighted by Gasteiger charge is 2.15. The first kappa shape index (κ1) is 14.2. The van der Waals surface area contributed by atoms with Crippen LogP contribution in [0.25, 0.3) is 0 Å². The Morgan fingerprint density at radius 3 is 2.75 bits per heavy atom. The molecule has 1 aliphatic heterocycles. The van der Waals surface area contributed by atoms with Crippen LogP contribution in [0, 0.1) is 5.92 Å². The fourth-order valence-electron chi connectivity index (χ4n) is 1.62. The van der Waals surface area contributed by atoms with Crippen LogP contribution in [0.3, 0.4) is 0 Å². The summed E-state index contributed by atoms with van der Waals surface area (Å²) < 4.78 is 31.9. The van der Waals surface area contributed by atoms with Gasteiger partial charge in [0, 0.05) is 29.8 Å². The molecule has 96 valence electrons. The molecule has 0 aromatic carbocycles. The van der Waals surface area contributed by atoms with Crippen LogP contribution in [0.15, 0.2) is 0 Å². The maximum absolute atomic E-state index is 10.6. The van der Waals surface area contributed by atoms with Gasteiger partial charge in [-0.25, -0.2) is 8.42 Å². The summed E-state index contributed by atoms with van der Waals surface area (Å²) in [4.78, 5) is 0. The van der Waals surface area contributed by atoms with Gasteiger partial charge in [0.1, 0.15) is 0 Å². The molecular weight excluding hydrogens is 252 g/mol. The zero-order valence-corrected chi connectivity index (χ0v) is 10.9. The minimum absolute atomic E-state index is 0.0605. The van der Waals surface area contributed by atoms with E-state index in [9.17, 15) is 8.42 Å². The molecular formula is C10H19ClO4S. The number of hydrogen-bond acceptors (Lipinski definition) is 4. The molecule has 0 bridgehead atoms. The Morgan fingerprint density at radius 2 is 2.12 bits per heavy atom. The summed E-state index contributed by atoms with van der Waals surface area (Å²) in [7, 11) is 1.77. The van der Waals surface area contributed by atoms with E-state index < -0.39 is 9.05 Å². The van der Waals surface area contributed by atoms with E-state index in [1.807, 2.05) is 0 Å². The van der Waals surface area contributed by atoms with E-state index in [0.29, 0.717) is 18.9 Å². The predicted molar refractivity (Wildman–Crippen MR) is 63.2 cm³/mol. The summed E-state index contributed by atoms with van der Waals surface area (Å²) in [5, 5.41) is 0. The molecule has 1 aliphatic rings. The molecule has 0 saturated carbocycles. The molecule has 0 N–H and O–H groups in total. The molecule has 1 unspecified atom stereocenters. The Hall–Kier alpha value is 0.160. The first-order chi connectivity index (χ1) is 7.58. The highest BCUT2D eigenvalue weighted by molar-refractivity contribution is 8.13. The second-order valence-electron chi connectivity index (χ2n) is 4.11. The summed E-state index contributed by atoms with van der Waals surface area (Å²) in [6.45, 7) is 3.11. The van der Waals surface area contributed by atoms with Crippen molar-refractivity contribution in [1.82, 2.24) is 0 Å². The first-order valence-corrected chi connectivity index (χ1v) is 8.13. The summed E-state index contributed by atoms with van der Waals surface area (Å²) in [6.07, 6.45) is 3.43. The van der Waals surface area contributed by atoms with Crippen molar-refractivity contribution in [2.24, 2.45) is 5.92 Å². The number of rotatable bonds is 8. The molecule has 0 aromatic rings. The van der Waals surface area contributed by atoms with Crippen LogP contribution in [0.2, 0.25) is 0 Å². The average Bonchev–Trinajstić information content (AvgIpc) is 2.67. The van der Waals surface area contributed by atoms with Gasteiger partial charge < -0.3 is 9.47 Å². The molecule has 1 fully saturated rings. The molecule has 4 nitrogen and oxygen atoms in total. The predicted octanol–water partition coefficient (Wildman–Crippen LogP) is 1.78. The second-order valence-corrected chi connectivity index (χ2v) is 7.00. The largest absolute Gasteiger partial charge is 0.381 e. The van der Waals surface area contributed by atoms with Crippen LogP contribution in [0.5, 0.6) is 0 Å². The molecule has 0 radical (unpaired) electrons. The minimum atomic E-state index is -3.32. The molecule has 1 saturated heterocycles. The Labute approximate surface area is 102 Å². The van der Waals surface area contributed by atoms with Gasteiger partial charge >= 0.3 is 0 Å². The van der Waals surface area contributed by atoms with Crippen molar-refractivity contribution in [1.29, 1.82) is 0 Å². The van der Waals surface area contributed by atoms with Crippen LogP contribution in [0.1, 0.15) is 25.7 Å².